The highest BCUT2D eigenvalue weighted by Gasteiger charge is 2.22. The minimum absolute atomic E-state index is 0.0322. The summed E-state index contributed by atoms with van der Waals surface area (Å²) >= 11 is 0. The van der Waals surface area contributed by atoms with Crippen LogP contribution in [0, 0.1) is 0 Å². The molecule has 8 rings (SSSR count). The number of aryl methyl sites for hydroxylation is 2. The van der Waals surface area contributed by atoms with Crippen LogP contribution in [0.4, 0.5) is 21.0 Å². The summed E-state index contributed by atoms with van der Waals surface area (Å²) in [7, 11) is -8.74. The highest BCUT2D eigenvalue weighted by atomic mass is 16.6. The minimum Gasteiger partial charge on any atom is -0.496 e. The number of hydrogen-bond acceptors (Lipinski definition) is 9. The van der Waals surface area contributed by atoms with Gasteiger partial charge in [-0.15, -0.1) is 0 Å². The second-order valence-electron chi connectivity index (χ2n) is 15.3. The third-order valence-corrected chi connectivity index (χ3v) is 11.1. The molecule has 0 aliphatic heterocycles. The molecular formula is C49H54N4O10. The summed E-state index contributed by atoms with van der Waals surface area (Å²) in [4.78, 5) is 48.5. The zero-order valence-electron chi connectivity index (χ0n) is 48.8. The van der Waals surface area contributed by atoms with E-state index in [0.717, 1.165) is 72.6 Å². The molecule has 2 aromatic heterocycles. The summed E-state index contributed by atoms with van der Waals surface area (Å²) in [5, 5.41) is 15.6. The van der Waals surface area contributed by atoms with E-state index in [0.29, 0.717) is 49.9 Å². The Morgan fingerprint density at radius 2 is 1.10 bits per heavy atom. The van der Waals surface area contributed by atoms with Crippen LogP contribution in [0.1, 0.15) is 115 Å². The molecule has 3 N–H and O–H groups in total. The monoisotopic (exact) mass is 873 g/mol. The van der Waals surface area contributed by atoms with Crippen LogP contribution in [-0.2, 0) is 41.0 Å². The number of carboxylic acid groups (broad SMARTS) is 1. The molecule has 0 bridgehead atoms. The lowest BCUT2D eigenvalue weighted by Gasteiger charge is -2.12. The van der Waals surface area contributed by atoms with Gasteiger partial charge in [-0.3, -0.25) is 10.6 Å². The van der Waals surface area contributed by atoms with Crippen molar-refractivity contribution >= 4 is 57.3 Å². The van der Waals surface area contributed by atoms with E-state index in [1.807, 2.05) is 0 Å². The molecule has 2 amide bonds. The van der Waals surface area contributed by atoms with E-state index in [1.54, 1.807) is 36.4 Å². The highest BCUT2D eigenvalue weighted by Crippen LogP contribution is 2.32. The summed E-state index contributed by atoms with van der Waals surface area (Å²) in [5.41, 5.74) is 2.68. The third-order valence-electron chi connectivity index (χ3n) is 11.1. The van der Waals surface area contributed by atoms with Crippen molar-refractivity contribution in [2.75, 3.05) is 31.7 Å². The Balaban J connectivity index is 0.000000227. The van der Waals surface area contributed by atoms with Crippen molar-refractivity contribution in [3.8, 4) is 11.5 Å². The van der Waals surface area contributed by atoms with Gasteiger partial charge in [0.15, 0.2) is 0 Å². The Labute approximate surface area is 387 Å². The van der Waals surface area contributed by atoms with Crippen LogP contribution in [-0.4, -0.2) is 71.7 Å². The van der Waals surface area contributed by atoms with Crippen molar-refractivity contribution in [2.24, 2.45) is 14.0 Å². The van der Waals surface area contributed by atoms with Crippen LogP contribution in [0.3, 0.4) is 0 Å². The Morgan fingerprint density at radius 1 is 0.619 bits per heavy atom. The molecule has 4 aromatic carbocycles. The summed E-state index contributed by atoms with van der Waals surface area (Å²) in [6, 6.07) is 17.0. The molecule has 63 heavy (non-hydrogen) atoms. The van der Waals surface area contributed by atoms with E-state index in [1.165, 1.54) is 36.7 Å². The van der Waals surface area contributed by atoms with E-state index in [9.17, 15) is 24.3 Å². The topological polar surface area (TPSA) is 169 Å². The number of carbonyl (C=O) groups is 4. The lowest BCUT2D eigenvalue weighted by molar-refractivity contribution is 0.0599. The maximum Gasteiger partial charge on any atom is 0.411 e. The molecule has 330 valence electrons. The lowest BCUT2D eigenvalue weighted by atomic mass is 10.0. The van der Waals surface area contributed by atoms with Gasteiger partial charge in [-0.05, 0) is 134 Å². The predicted molar refractivity (Wildman–Crippen MR) is 240 cm³/mol. The Bertz CT molecular complexity index is 3180. The number of ether oxygens (including phenoxy) is 5. The van der Waals surface area contributed by atoms with Crippen LogP contribution < -0.4 is 20.1 Å². The van der Waals surface area contributed by atoms with Crippen molar-refractivity contribution in [3.63, 3.8) is 0 Å². The van der Waals surface area contributed by atoms with Crippen LogP contribution in [0.15, 0.2) is 85.2 Å². The molecule has 2 saturated carbocycles. The number of aromatic carboxylic acids is 1. The molecular weight excluding hydrogens is 805 g/mol. The number of esters is 1. The smallest absolute Gasteiger partial charge is 0.411 e. The fraction of sp³-hybridized carbons (Fsp3) is 0.347. The first-order chi connectivity index (χ1) is 36.3. The van der Waals surface area contributed by atoms with E-state index >= 15 is 0 Å². The number of anilines is 2. The molecule has 0 spiro atoms. The number of fused-ring (bicyclic) bond motifs is 2. The minimum atomic E-state index is -3.01. The van der Waals surface area contributed by atoms with Crippen LogP contribution >= 0.6 is 0 Å². The van der Waals surface area contributed by atoms with E-state index in [4.69, 9.17) is 39.5 Å². The van der Waals surface area contributed by atoms with Gasteiger partial charge < -0.3 is 37.9 Å². The van der Waals surface area contributed by atoms with Crippen molar-refractivity contribution in [3.05, 3.63) is 119 Å². The quantitative estimate of drug-likeness (QED) is 0.0795. The number of nitrogens with one attached hydrogen (secondary N) is 2. The molecule has 2 heterocycles. The van der Waals surface area contributed by atoms with Crippen LogP contribution in [0.25, 0.3) is 21.8 Å². The summed E-state index contributed by atoms with van der Waals surface area (Å²) in [5.74, 6) is -2.84. The average molecular weight is 874 g/mol. The number of nitrogens with zero attached hydrogens (tertiary/aromatic N) is 2. The number of amides is 2. The van der Waals surface area contributed by atoms with Crippen molar-refractivity contribution in [1.82, 2.24) is 9.13 Å². The van der Waals surface area contributed by atoms with E-state index < -0.39 is 59.2 Å². The molecule has 14 heteroatoms. The SMILES string of the molecule is [2H]C([2H])([2H])OC(=O)c1ccc(Cc2cn(C([2H])([2H])[2H])c3ccc(NC(=O)OC4CCCC4)cc23)c(OC([2H])([2H])[2H])c1.[2H]C([2H])([2H])Oc1cc(C(=O)O)ccc1Cc1cn(C([2H])([2H])[2H])c2ccc(NC(=O)OC3CCCC3)cc12. The van der Waals surface area contributed by atoms with Gasteiger partial charge in [0.05, 0.1) is 44.6 Å². The number of hydrogen-bond donors (Lipinski definition) is 3. The molecule has 6 aromatic rings. The number of methoxy groups -OCH3 is 3. The van der Waals surface area contributed by atoms with Crippen LogP contribution in [0.2, 0.25) is 0 Å². The number of rotatable bonds is 12. The fourth-order valence-corrected chi connectivity index (χ4v) is 7.96. The predicted octanol–water partition coefficient (Wildman–Crippen LogP) is 10.0. The number of benzene rings is 4. The van der Waals surface area contributed by atoms with Gasteiger partial charge in [0.25, 0.3) is 0 Å². The Hall–Kier alpha value is -6.96. The van der Waals surface area contributed by atoms with Crippen molar-refractivity contribution in [2.45, 2.75) is 76.4 Å². The number of carbonyl (C=O) groups excluding carboxylic acids is 3. The molecule has 14 nitrogen and oxygen atoms in total. The first-order valence-corrected chi connectivity index (χ1v) is 20.1. The van der Waals surface area contributed by atoms with E-state index in [2.05, 4.69) is 15.4 Å². The standard InChI is InChI=1S/C25H28N2O5.C24H26N2O5/c1-27-15-18(12-16-8-9-17(24(28)31-3)13-23(16)30-2)21-14-19(10-11-22(21)27)26-25(29)32-20-6-4-5-7-20;1-26-14-17(11-15-7-8-16(23(27)28)12-22(15)30-2)20-13-18(9-10-21(20)26)25-24(29)31-19-5-3-4-6-19/h8-11,13-15,20H,4-7,12H2,1-3H3,(H,26,29);7-10,12-14,19H,3-6,11H2,1-2H3,(H,25,29)(H,27,28)/i1D3,2D3,3D3;1D3,2D3. The summed E-state index contributed by atoms with van der Waals surface area (Å²) in [6.07, 6.45) is 8.58. The third kappa shape index (κ3) is 10.6. The zero-order chi connectivity index (χ0) is 57.1. The first-order valence-electron chi connectivity index (χ1n) is 27.6. The summed E-state index contributed by atoms with van der Waals surface area (Å²) in [6.45, 7) is -5.05. The average Bonchev–Trinajstić information content (AvgIpc) is 4.14. The van der Waals surface area contributed by atoms with Gasteiger partial charge >= 0.3 is 24.1 Å². The molecule has 2 aliphatic rings. The van der Waals surface area contributed by atoms with Gasteiger partial charge in [0.1, 0.15) is 23.7 Å². The van der Waals surface area contributed by atoms with Gasteiger partial charge in [0, 0.05) is 80.6 Å². The lowest BCUT2D eigenvalue weighted by Crippen LogP contribution is -2.20. The fourth-order valence-electron chi connectivity index (χ4n) is 7.96. The maximum atomic E-state index is 12.4. The summed E-state index contributed by atoms with van der Waals surface area (Å²) < 4.78 is 142. The van der Waals surface area contributed by atoms with Gasteiger partial charge in [-0.1, -0.05) is 12.1 Å². The molecule has 2 fully saturated rings. The largest absolute Gasteiger partial charge is 0.496 e. The first kappa shape index (κ1) is 28.6. The Morgan fingerprint density at radius 3 is 1.54 bits per heavy atom. The van der Waals surface area contributed by atoms with Gasteiger partial charge in [-0.2, -0.15) is 0 Å². The van der Waals surface area contributed by atoms with Crippen molar-refractivity contribution in [1.29, 1.82) is 0 Å². The second kappa shape index (κ2) is 19.8. The molecule has 0 saturated heterocycles. The normalized spacial score (nSPS) is 18.4. The van der Waals surface area contributed by atoms with Crippen LogP contribution in [0.5, 0.6) is 11.5 Å². The number of aromatic nitrogens is 2. The molecule has 0 unspecified atom stereocenters. The number of carboxylic acids is 1. The van der Waals surface area contributed by atoms with E-state index in [-0.39, 0.29) is 53.2 Å². The highest BCUT2D eigenvalue weighted by molar-refractivity contribution is 5.94. The van der Waals surface area contributed by atoms with Crippen molar-refractivity contribution < 1.29 is 68.5 Å². The molecule has 0 atom stereocenters. The molecule has 2 aliphatic carbocycles. The van der Waals surface area contributed by atoms with Gasteiger partial charge in [-0.25, -0.2) is 19.2 Å². The zero-order valence-corrected chi connectivity index (χ0v) is 33.8. The second-order valence-corrected chi connectivity index (χ2v) is 15.3. The molecule has 0 radical (unpaired) electrons. The maximum absolute atomic E-state index is 12.4. The van der Waals surface area contributed by atoms with Gasteiger partial charge in [0.2, 0.25) is 0 Å². The Kier molecular flexibility index (Phi) is 9.00.